The lowest BCUT2D eigenvalue weighted by Gasteiger charge is -2.28. The Morgan fingerprint density at radius 1 is 1.21 bits per heavy atom. The maximum absolute atomic E-state index is 11.9. The molecule has 1 fully saturated rings. The molecular weight excluding hydrogens is 240 g/mol. The number of carbonyl (C=O) groups excluding carboxylic acids is 1. The van der Waals surface area contributed by atoms with Crippen LogP contribution in [0.1, 0.15) is 29.2 Å². The third-order valence-corrected chi connectivity index (χ3v) is 4.40. The number of benzene rings is 1. The zero-order chi connectivity index (χ0) is 12.8. The molecule has 3 heterocycles. The zero-order valence-electron chi connectivity index (χ0n) is 10.9. The first-order valence-electron chi connectivity index (χ1n) is 7.10. The molecule has 1 saturated heterocycles. The van der Waals surface area contributed by atoms with Crippen molar-refractivity contribution in [2.75, 3.05) is 31.2 Å². The first-order valence-corrected chi connectivity index (χ1v) is 7.10. The van der Waals surface area contributed by atoms with Gasteiger partial charge in [0.15, 0.2) is 0 Å². The average Bonchev–Trinajstić information content (AvgIpc) is 2.89. The van der Waals surface area contributed by atoms with Crippen LogP contribution in [0.4, 0.5) is 5.69 Å². The third-order valence-electron chi connectivity index (χ3n) is 4.40. The van der Waals surface area contributed by atoms with Gasteiger partial charge in [-0.25, -0.2) is 0 Å². The van der Waals surface area contributed by atoms with Crippen LogP contribution in [0.3, 0.4) is 0 Å². The fourth-order valence-electron chi connectivity index (χ4n) is 3.47. The predicted molar refractivity (Wildman–Crippen MR) is 72.4 cm³/mol. The van der Waals surface area contributed by atoms with Gasteiger partial charge in [0.25, 0.3) is 0 Å². The van der Waals surface area contributed by atoms with E-state index in [1.807, 2.05) is 4.90 Å². The van der Waals surface area contributed by atoms with Crippen molar-refractivity contribution in [3.05, 3.63) is 28.8 Å². The average molecular weight is 258 g/mol. The molecule has 0 saturated carbocycles. The molecule has 1 unspecified atom stereocenters. The maximum Gasteiger partial charge on any atom is 0.227 e. The molecule has 1 N–H and O–H groups in total. The van der Waals surface area contributed by atoms with Crippen LogP contribution in [-0.4, -0.2) is 32.2 Å². The Kier molecular flexibility index (Phi) is 2.60. The first-order chi connectivity index (χ1) is 9.33. The van der Waals surface area contributed by atoms with Crippen LogP contribution in [0, 0.1) is 0 Å². The Labute approximate surface area is 112 Å². The number of anilines is 1. The van der Waals surface area contributed by atoms with Gasteiger partial charge in [0, 0.05) is 19.5 Å². The molecular formula is C15H18N2O2. The van der Waals surface area contributed by atoms with Crippen molar-refractivity contribution in [3.63, 3.8) is 0 Å². The van der Waals surface area contributed by atoms with E-state index in [0.717, 1.165) is 39.1 Å². The summed E-state index contributed by atoms with van der Waals surface area (Å²) in [5.74, 6) is 0.290. The van der Waals surface area contributed by atoms with Crippen LogP contribution < -0.4 is 10.2 Å². The van der Waals surface area contributed by atoms with E-state index >= 15 is 0 Å². The van der Waals surface area contributed by atoms with E-state index in [2.05, 4.69) is 17.4 Å². The molecule has 3 aliphatic rings. The second kappa shape index (κ2) is 4.32. The highest BCUT2D eigenvalue weighted by atomic mass is 16.5. The highest BCUT2D eigenvalue weighted by Gasteiger charge is 2.32. The molecule has 1 aromatic carbocycles. The molecule has 3 aliphatic heterocycles. The minimum Gasteiger partial charge on any atom is -0.378 e. The van der Waals surface area contributed by atoms with Crippen LogP contribution >= 0.6 is 0 Å². The summed E-state index contributed by atoms with van der Waals surface area (Å²) in [6, 6.07) is 4.85. The van der Waals surface area contributed by atoms with Crippen molar-refractivity contribution in [3.8, 4) is 0 Å². The summed E-state index contributed by atoms with van der Waals surface area (Å²) in [5.41, 5.74) is 5.21. The number of hydrogen-bond donors (Lipinski definition) is 1. The van der Waals surface area contributed by atoms with Crippen LogP contribution in [0.2, 0.25) is 0 Å². The van der Waals surface area contributed by atoms with Crippen LogP contribution in [0.5, 0.6) is 0 Å². The number of morpholine rings is 1. The smallest absolute Gasteiger partial charge is 0.227 e. The van der Waals surface area contributed by atoms with E-state index < -0.39 is 0 Å². The lowest BCUT2D eigenvalue weighted by atomic mass is 9.94. The fraction of sp³-hybridized carbons (Fsp3) is 0.533. The van der Waals surface area contributed by atoms with Gasteiger partial charge in [-0.3, -0.25) is 4.79 Å². The summed E-state index contributed by atoms with van der Waals surface area (Å²) in [5, 5.41) is 3.51. The molecule has 1 amide bonds. The summed E-state index contributed by atoms with van der Waals surface area (Å²) in [4.78, 5) is 13.9. The van der Waals surface area contributed by atoms with Gasteiger partial charge in [0.1, 0.15) is 0 Å². The molecule has 1 aromatic rings. The molecule has 0 aromatic heterocycles. The van der Waals surface area contributed by atoms with Crippen molar-refractivity contribution in [2.24, 2.45) is 0 Å². The molecule has 4 heteroatoms. The standard InChI is InChI=1S/C15H18N2O2/c18-14-2-1-10-7-12(13-9-19-6-4-16-13)8-11-3-5-17(14)15(10)11/h7-8,13,16H,1-6,9H2. The summed E-state index contributed by atoms with van der Waals surface area (Å²) < 4.78 is 5.55. The predicted octanol–water partition coefficient (Wildman–Crippen LogP) is 1.18. The van der Waals surface area contributed by atoms with Gasteiger partial charge in [-0.15, -0.1) is 0 Å². The number of ether oxygens (including phenoxy) is 1. The number of aryl methyl sites for hydroxylation is 1. The Morgan fingerprint density at radius 2 is 2.05 bits per heavy atom. The van der Waals surface area contributed by atoms with Crippen molar-refractivity contribution in [1.82, 2.24) is 5.32 Å². The van der Waals surface area contributed by atoms with E-state index in [1.165, 1.54) is 22.4 Å². The van der Waals surface area contributed by atoms with Gasteiger partial charge < -0.3 is 15.0 Å². The normalized spacial score (nSPS) is 25.6. The Hall–Kier alpha value is -1.39. The topological polar surface area (TPSA) is 41.6 Å². The molecule has 19 heavy (non-hydrogen) atoms. The lowest BCUT2D eigenvalue weighted by molar-refractivity contribution is -0.118. The highest BCUT2D eigenvalue weighted by molar-refractivity contribution is 5.98. The number of rotatable bonds is 1. The van der Waals surface area contributed by atoms with Crippen LogP contribution in [0.25, 0.3) is 0 Å². The Balaban J connectivity index is 1.75. The number of carbonyl (C=O) groups is 1. The van der Waals surface area contributed by atoms with Crippen molar-refractivity contribution in [2.45, 2.75) is 25.3 Å². The summed E-state index contributed by atoms with van der Waals surface area (Å²) in [7, 11) is 0. The molecule has 4 rings (SSSR count). The van der Waals surface area contributed by atoms with Crippen LogP contribution in [0.15, 0.2) is 12.1 Å². The minimum absolute atomic E-state index is 0.290. The number of amides is 1. The van der Waals surface area contributed by atoms with E-state index in [0.29, 0.717) is 12.5 Å². The zero-order valence-corrected chi connectivity index (χ0v) is 10.9. The van der Waals surface area contributed by atoms with Gasteiger partial charge in [0.05, 0.1) is 24.9 Å². The molecule has 0 radical (unpaired) electrons. The molecule has 0 aliphatic carbocycles. The van der Waals surface area contributed by atoms with Gasteiger partial charge in [0.2, 0.25) is 5.91 Å². The summed E-state index contributed by atoms with van der Waals surface area (Å²) >= 11 is 0. The SMILES string of the molecule is O=C1CCc2cc(C3COCCN3)cc3c2N1CC3. The Morgan fingerprint density at radius 3 is 2.84 bits per heavy atom. The maximum atomic E-state index is 11.9. The van der Waals surface area contributed by atoms with Crippen molar-refractivity contribution in [1.29, 1.82) is 0 Å². The lowest BCUT2D eigenvalue weighted by Crippen LogP contribution is -2.35. The van der Waals surface area contributed by atoms with Gasteiger partial charge in [-0.1, -0.05) is 12.1 Å². The van der Waals surface area contributed by atoms with Gasteiger partial charge in [-0.05, 0) is 29.5 Å². The van der Waals surface area contributed by atoms with E-state index in [-0.39, 0.29) is 5.91 Å². The number of hydrogen-bond acceptors (Lipinski definition) is 3. The number of nitrogens with zero attached hydrogens (tertiary/aromatic N) is 1. The molecule has 4 nitrogen and oxygen atoms in total. The summed E-state index contributed by atoms with van der Waals surface area (Å²) in [6.45, 7) is 3.33. The Bertz CT molecular complexity index is 535. The van der Waals surface area contributed by atoms with Crippen molar-refractivity contribution >= 4 is 11.6 Å². The quantitative estimate of drug-likeness (QED) is 0.822. The van der Waals surface area contributed by atoms with Gasteiger partial charge >= 0.3 is 0 Å². The molecule has 0 spiro atoms. The molecule has 100 valence electrons. The monoisotopic (exact) mass is 258 g/mol. The largest absolute Gasteiger partial charge is 0.378 e. The second-order valence-corrected chi connectivity index (χ2v) is 5.56. The minimum atomic E-state index is 0.290. The van der Waals surface area contributed by atoms with E-state index in [4.69, 9.17) is 4.74 Å². The molecule has 0 bridgehead atoms. The molecule has 1 atom stereocenters. The first kappa shape index (κ1) is 11.4. The fourth-order valence-corrected chi connectivity index (χ4v) is 3.47. The highest BCUT2D eigenvalue weighted by Crippen LogP contribution is 2.38. The summed E-state index contributed by atoms with van der Waals surface area (Å²) in [6.07, 6.45) is 2.54. The van der Waals surface area contributed by atoms with Crippen molar-refractivity contribution < 1.29 is 9.53 Å². The third kappa shape index (κ3) is 1.78. The van der Waals surface area contributed by atoms with Gasteiger partial charge in [-0.2, -0.15) is 0 Å². The number of nitrogens with one attached hydrogen (secondary N) is 1. The second-order valence-electron chi connectivity index (χ2n) is 5.56. The van der Waals surface area contributed by atoms with Crippen LogP contribution in [-0.2, 0) is 22.4 Å². The van der Waals surface area contributed by atoms with E-state index in [1.54, 1.807) is 0 Å². The van der Waals surface area contributed by atoms with E-state index in [9.17, 15) is 4.79 Å².